The molecule has 1 heterocycles. The van der Waals surface area contributed by atoms with Gasteiger partial charge in [-0.3, -0.25) is 10.1 Å². The second kappa shape index (κ2) is 5.85. The second-order valence-electron chi connectivity index (χ2n) is 4.19. The normalized spacial score (nSPS) is 11.9. The highest BCUT2D eigenvalue weighted by Gasteiger charge is 2.13. The lowest BCUT2D eigenvalue weighted by atomic mass is 10.1. The molecule has 0 saturated carbocycles. The van der Waals surface area contributed by atoms with E-state index in [0.29, 0.717) is 11.6 Å². The Hall–Kier alpha value is -2.18. The molecule has 0 aliphatic rings. The van der Waals surface area contributed by atoms with Gasteiger partial charge in [-0.25, -0.2) is 4.98 Å². The first-order valence-corrected chi connectivity index (χ1v) is 6.18. The Bertz CT molecular complexity index is 647. The molecule has 7 heteroatoms. The number of nitro groups is 1. The number of ether oxygens (including phenoxy) is 1. The number of aromatic nitrogens is 1. The van der Waals surface area contributed by atoms with Crippen molar-refractivity contribution in [1.29, 1.82) is 0 Å². The van der Waals surface area contributed by atoms with Gasteiger partial charge in [0.1, 0.15) is 10.8 Å². The molecule has 1 aromatic carbocycles. The fourth-order valence-corrected chi connectivity index (χ4v) is 1.82. The van der Waals surface area contributed by atoms with Crippen molar-refractivity contribution in [2.45, 2.75) is 13.0 Å². The van der Waals surface area contributed by atoms with E-state index in [4.69, 9.17) is 22.1 Å². The van der Waals surface area contributed by atoms with Gasteiger partial charge >= 0.3 is 0 Å². The maximum absolute atomic E-state index is 10.7. The summed E-state index contributed by atoms with van der Waals surface area (Å²) in [5.41, 5.74) is 6.48. The molecule has 0 amide bonds. The van der Waals surface area contributed by atoms with Crippen LogP contribution in [0.3, 0.4) is 0 Å². The van der Waals surface area contributed by atoms with Crippen molar-refractivity contribution in [1.82, 2.24) is 4.98 Å². The maximum atomic E-state index is 10.7. The van der Waals surface area contributed by atoms with Gasteiger partial charge in [0.05, 0.1) is 4.92 Å². The van der Waals surface area contributed by atoms with Crippen molar-refractivity contribution in [3.63, 3.8) is 0 Å². The van der Waals surface area contributed by atoms with Crippen LogP contribution in [-0.2, 0) is 0 Å². The number of rotatable bonds is 4. The van der Waals surface area contributed by atoms with E-state index in [1.54, 1.807) is 18.3 Å². The number of benzene rings is 1. The minimum atomic E-state index is -0.554. The predicted molar refractivity (Wildman–Crippen MR) is 75.0 cm³/mol. The smallest absolute Gasteiger partial charge is 0.288 e. The van der Waals surface area contributed by atoms with Gasteiger partial charge in [-0.15, -0.1) is 0 Å². The number of halogens is 1. The summed E-state index contributed by atoms with van der Waals surface area (Å²) in [5.74, 6) is 0.722. The SMILES string of the molecule is CC(N)c1ccnc(Oc2ccc([N+](=O)[O-])c(Cl)c2)c1. The van der Waals surface area contributed by atoms with Crippen molar-refractivity contribution < 1.29 is 9.66 Å². The molecule has 1 aromatic heterocycles. The molecule has 104 valence electrons. The highest BCUT2D eigenvalue weighted by molar-refractivity contribution is 6.32. The summed E-state index contributed by atoms with van der Waals surface area (Å²) in [6.45, 7) is 1.85. The minimum Gasteiger partial charge on any atom is -0.439 e. The number of hydrogen-bond acceptors (Lipinski definition) is 5. The molecule has 2 aromatic rings. The van der Waals surface area contributed by atoms with Gasteiger partial charge in [-0.2, -0.15) is 0 Å². The Morgan fingerprint density at radius 2 is 2.15 bits per heavy atom. The van der Waals surface area contributed by atoms with Gasteiger partial charge in [0.25, 0.3) is 5.69 Å². The molecule has 20 heavy (non-hydrogen) atoms. The zero-order valence-electron chi connectivity index (χ0n) is 10.6. The summed E-state index contributed by atoms with van der Waals surface area (Å²) < 4.78 is 5.51. The molecular formula is C13H12ClN3O3. The number of nitrogens with zero attached hydrogens (tertiary/aromatic N) is 2. The van der Waals surface area contributed by atoms with Crippen LogP contribution in [0.1, 0.15) is 18.5 Å². The van der Waals surface area contributed by atoms with Crippen LogP contribution in [0, 0.1) is 10.1 Å². The molecule has 0 aliphatic carbocycles. The van der Waals surface area contributed by atoms with Crippen molar-refractivity contribution >= 4 is 17.3 Å². The zero-order valence-corrected chi connectivity index (χ0v) is 11.4. The van der Waals surface area contributed by atoms with E-state index in [9.17, 15) is 10.1 Å². The molecule has 0 bridgehead atoms. The highest BCUT2D eigenvalue weighted by atomic mass is 35.5. The fourth-order valence-electron chi connectivity index (χ4n) is 1.58. The van der Waals surface area contributed by atoms with Crippen LogP contribution in [0.5, 0.6) is 11.6 Å². The van der Waals surface area contributed by atoms with Crippen LogP contribution in [0.25, 0.3) is 0 Å². The minimum absolute atomic E-state index is 0.0100. The number of pyridine rings is 1. The van der Waals surface area contributed by atoms with E-state index in [2.05, 4.69) is 4.98 Å². The highest BCUT2D eigenvalue weighted by Crippen LogP contribution is 2.30. The third-order valence-electron chi connectivity index (χ3n) is 2.62. The third kappa shape index (κ3) is 3.23. The van der Waals surface area contributed by atoms with Crippen LogP contribution >= 0.6 is 11.6 Å². The Morgan fingerprint density at radius 3 is 2.75 bits per heavy atom. The van der Waals surface area contributed by atoms with Gasteiger partial charge in [-0.1, -0.05) is 11.6 Å². The molecule has 2 N–H and O–H groups in total. The first-order valence-electron chi connectivity index (χ1n) is 5.80. The molecule has 1 unspecified atom stereocenters. The maximum Gasteiger partial charge on any atom is 0.288 e. The lowest BCUT2D eigenvalue weighted by molar-refractivity contribution is -0.384. The molecule has 0 spiro atoms. The lowest BCUT2D eigenvalue weighted by Gasteiger charge is -2.09. The van der Waals surface area contributed by atoms with Gasteiger partial charge in [0.2, 0.25) is 5.88 Å². The van der Waals surface area contributed by atoms with Crippen LogP contribution in [0.4, 0.5) is 5.69 Å². The van der Waals surface area contributed by atoms with E-state index in [0.717, 1.165) is 5.56 Å². The summed E-state index contributed by atoms with van der Waals surface area (Å²) in [4.78, 5) is 14.2. The quantitative estimate of drug-likeness (QED) is 0.688. The Labute approximate surface area is 120 Å². The Kier molecular flexibility index (Phi) is 4.16. The van der Waals surface area contributed by atoms with Crippen molar-refractivity contribution in [3.8, 4) is 11.6 Å². The molecule has 0 saturated heterocycles. The zero-order chi connectivity index (χ0) is 14.7. The molecular weight excluding hydrogens is 282 g/mol. The summed E-state index contributed by atoms with van der Waals surface area (Å²) in [6.07, 6.45) is 1.58. The largest absolute Gasteiger partial charge is 0.439 e. The Balaban J connectivity index is 2.24. The van der Waals surface area contributed by atoms with Crippen molar-refractivity contribution in [3.05, 3.63) is 57.2 Å². The molecule has 0 aliphatic heterocycles. The topological polar surface area (TPSA) is 91.3 Å². The van der Waals surface area contributed by atoms with Crippen LogP contribution in [0.15, 0.2) is 36.5 Å². The van der Waals surface area contributed by atoms with E-state index in [1.807, 2.05) is 6.92 Å². The van der Waals surface area contributed by atoms with Crippen molar-refractivity contribution in [2.75, 3.05) is 0 Å². The average Bonchev–Trinajstić information content (AvgIpc) is 2.38. The van der Waals surface area contributed by atoms with Crippen LogP contribution in [0.2, 0.25) is 5.02 Å². The van der Waals surface area contributed by atoms with Crippen LogP contribution < -0.4 is 10.5 Å². The van der Waals surface area contributed by atoms with E-state index < -0.39 is 4.92 Å². The van der Waals surface area contributed by atoms with Gasteiger partial charge in [-0.05, 0) is 24.6 Å². The molecule has 1 atom stereocenters. The monoisotopic (exact) mass is 293 g/mol. The van der Waals surface area contributed by atoms with Gasteiger partial charge in [0.15, 0.2) is 0 Å². The number of nitrogens with two attached hydrogens (primary N) is 1. The first-order chi connectivity index (χ1) is 9.47. The van der Waals surface area contributed by atoms with Gasteiger partial charge < -0.3 is 10.5 Å². The van der Waals surface area contributed by atoms with E-state index in [1.165, 1.54) is 18.2 Å². The third-order valence-corrected chi connectivity index (χ3v) is 2.93. The van der Waals surface area contributed by atoms with Gasteiger partial charge in [0, 0.05) is 30.4 Å². The average molecular weight is 294 g/mol. The molecule has 0 fully saturated rings. The lowest BCUT2D eigenvalue weighted by Crippen LogP contribution is -2.05. The first kappa shape index (κ1) is 14.2. The summed E-state index contributed by atoms with van der Waals surface area (Å²) in [5, 5.41) is 10.7. The fraction of sp³-hybridized carbons (Fsp3) is 0.154. The molecule has 6 nitrogen and oxygen atoms in total. The molecule has 0 radical (unpaired) electrons. The summed E-state index contributed by atoms with van der Waals surface area (Å²) in [7, 11) is 0. The summed E-state index contributed by atoms with van der Waals surface area (Å²) >= 11 is 5.81. The number of nitro benzene ring substituents is 1. The van der Waals surface area contributed by atoms with E-state index >= 15 is 0 Å². The van der Waals surface area contributed by atoms with Crippen LogP contribution in [-0.4, -0.2) is 9.91 Å². The standard InChI is InChI=1S/C13H12ClN3O3/c1-8(15)9-4-5-16-13(6-9)20-10-2-3-12(17(18)19)11(14)7-10/h2-8H,15H2,1H3. The number of hydrogen-bond donors (Lipinski definition) is 1. The Morgan fingerprint density at radius 1 is 1.40 bits per heavy atom. The van der Waals surface area contributed by atoms with E-state index in [-0.39, 0.29) is 16.8 Å². The molecule has 2 rings (SSSR count). The predicted octanol–water partition coefficient (Wildman–Crippen LogP) is 3.46. The van der Waals surface area contributed by atoms with Crippen molar-refractivity contribution in [2.24, 2.45) is 5.73 Å². The second-order valence-corrected chi connectivity index (χ2v) is 4.60. The summed E-state index contributed by atoms with van der Waals surface area (Å²) in [6, 6.07) is 7.48.